The van der Waals surface area contributed by atoms with Crippen molar-refractivity contribution in [3.05, 3.63) is 47.5 Å². The van der Waals surface area contributed by atoms with Crippen molar-refractivity contribution in [1.82, 2.24) is 10.3 Å². The van der Waals surface area contributed by atoms with Crippen molar-refractivity contribution in [3.63, 3.8) is 0 Å². The number of carbonyl (C=O) groups excluding carboxylic acids is 1. The summed E-state index contributed by atoms with van der Waals surface area (Å²) >= 11 is 0. The molecule has 0 saturated carbocycles. The zero-order valence-electron chi connectivity index (χ0n) is 11.0. The highest BCUT2D eigenvalue weighted by Crippen LogP contribution is 2.20. The van der Waals surface area contributed by atoms with Gasteiger partial charge in [-0.25, -0.2) is 13.4 Å². The molecule has 0 fully saturated rings. The van der Waals surface area contributed by atoms with Crippen LogP contribution >= 0.6 is 0 Å². The van der Waals surface area contributed by atoms with Gasteiger partial charge in [0.05, 0.1) is 17.3 Å². The number of anilines is 1. The zero-order chi connectivity index (χ0) is 15.0. The number of nitrogens with two attached hydrogens (primary N) is 1. The average Bonchev–Trinajstić information content (AvgIpc) is 2.78. The first-order chi connectivity index (χ1) is 9.94. The summed E-state index contributed by atoms with van der Waals surface area (Å²) in [5.41, 5.74) is 7.17. The molecule has 0 spiro atoms. The van der Waals surface area contributed by atoms with Crippen molar-refractivity contribution < 1.29 is 13.2 Å². The van der Waals surface area contributed by atoms with Gasteiger partial charge < -0.3 is 11.1 Å². The molecule has 7 heteroatoms. The Kier molecular flexibility index (Phi) is 3.13. The number of rotatable bonds is 2. The fourth-order valence-electron chi connectivity index (χ4n) is 2.23. The van der Waals surface area contributed by atoms with E-state index in [-0.39, 0.29) is 11.4 Å². The molecule has 0 bridgehead atoms. The molecule has 21 heavy (non-hydrogen) atoms. The molecule has 3 N–H and O–H groups in total. The van der Waals surface area contributed by atoms with E-state index >= 15 is 0 Å². The van der Waals surface area contributed by atoms with Gasteiger partial charge in [0, 0.05) is 16.5 Å². The van der Waals surface area contributed by atoms with E-state index in [1.54, 1.807) is 6.07 Å². The second-order valence-electron chi connectivity index (χ2n) is 4.85. The van der Waals surface area contributed by atoms with Crippen LogP contribution in [0.2, 0.25) is 0 Å². The second-order valence-corrected chi connectivity index (χ2v) is 6.78. The van der Waals surface area contributed by atoms with Gasteiger partial charge in [-0.2, -0.15) is 0 Å². The SMILES string of the molecule is Nc1cc(C(=O)NC2C=CS(=O)(=O)C2)nc2ccccc12. The van der Waals surface area contributed by atoms with E-state index in [1.165, 1.54) is 12.1 Å². The third kappa shape index (κ3) is 2.73. The van der Waals surface area contributed by atoms with E-state index in [1.807, 2.05) is 18.2 Å². The predicted molar refractivity (Wildman–Crippen MR) is 80.3 cm³/mol. The number of hydrogen-bond acceptors (Lipinski definition) is 5. The van der Waals surface area contributed by atoms with Crippen LogP contribution in [0.4, 0.5) is 5.69 Å². The van der Waals surface area contributed by atoms with Crippen molar-refractivity contribution >= 4 is 32.3 Å². The predicted octanol–water partition coefficient (Wildman–Crippen LogP) is 0.857. The largest absolute Gasteiger partial charge is 0.398 e. The summed E-state index contributed by atoms with van der Waals surface area (Å²) in [5.74, 6) is -0.568. The maximum absolute atomic E-state index is 12.1. The quantitative estimate of drug-likeness (QED) is 0.856. The Morgan fingerprint density at radius 3 is 2.81 bits per heavy atom. The number of hydrogen-bond donors (Lipinski definition) is 2. The summed E-state index contributed by atoms with van der Waals surface area (Å²) in [6, 6.07) is 8.20. The lowest BCUT2D eigenvalue weighted by molar-refractivity contribution is 0.0943. The number of pyridine rings is 1. The first-order valence-corrected chi connectivity index (χ1v) is 8.03. The van der Waals surface area contributed by atoms with Gasteiger partial charge in [-0.05, 0) is 18.2 Å². The fraction of sp³-hybridized carbons (Fsp3) is 0.143. The molecule has 6 nitrogen and oxygen atoms in total. The van der Waals surface area contributed by atoms with E-state index in [0.29, 0.717) is 11.2 Å². The number of nitrogens with zero attached hydrogens (tertiary/aromatic N) is 1. The Balaban J connectivity index is 1.87. The van der Waals surface area contributed by atoms with Crippen LogP contribution in [0.15, 0.2) is 41.8 Å². The maximum Gasteiger partial charge on any atom is 0.270 e. The second kappa shape index (κ2) is 4.85. The van der Waals surface area contributed by atoms with Crippen LogP contribution in [-0.4, -0.2) is 31.1 Å². The molecule has 0 aliphatic carbocycles. The Morgan fingerprint density at radius 1 is 1.33 bits per heavy atom. The van der Waals surface area contributed by atoms with E-state index in [2.05, 4.69) is 10.3 Å². The zero-order valence-corrected chi connectivity index (χ0v) is 11.8. The summed E-state index contributed by atoms with van der Waals surface area (Å²) in [6.07, 6.45) is 1.46. The number of aromatic nitrogens is 1. The van der Waals surface area contributed by atoms with Crippen LogP contribution in [0.5, 0.6) is 0 Å². The normalized spacial score (nSPS) is 19.7. The third-order valence-electron chi connectivity index (χ3n) is 3.23. The molecule has 1 aliphatic heterocycles. The molecule has 1 atom stereocenters. The summed E-state index contributed by atoms with van der Waals surface area (Å²) < 4.78 is 22.6. The molecule has 1 amide bonds. The molecule has 1 aliphatic rings. The molecule has 2 heterocycles. The highest BCUT2D eigenvalue weighted by Gasteiger charge is 2.24. The number of sulfone groups is 1. The van der Waals surface area contributed by atoms with Crippen LogP contribution < -0.4 is 11.1 Å². The topological polar surface area (TPSA) is 102 Å². The minimum absolute atomic E-state index is 0.123. The Labute approximate surface area is 121 Å². The van der Waals surface area contributed by atoms with Gasteiger partial charge in [0.15, 0.2) is 9.84 Å². The van der Waals surface area contributed by atoms with Crippen LogP contribution in [-0.2, 0) is 9.84 Å². The lowest BCUT2D eigenvalue weighted by Gasteiger charge is -2.10. The number of nitrogens with one attached hydrogen (secondary N) is 1. The molecule has 108 valence electrons. The first kappa shape index (κ1) is 13.6. The van der Waals surface area contributed by atoms with Crippen molar-refractivity contribution in [1.29, 1.82) is 0 Å². The van der Waals surface area contributed by atoms with E-state index in [9.17, 15) is 13.2 Å². The van der Waals surface area contributed by atoms with Crippen molar-refractivity contribution in [3.8, 4) is 0 Å². The van der Waals surface area contributed by atoms with Crippen molar-refractivity contribution in [2.75, 3.05) is 11.5 Å². The number of nitrogen functional groups attached to an aromatic ring is 1. The summed E-state index contributed by atoms with van der Waals surface area (Å²) in [6.45, 7) is 0. The summed E-state index contributed by atoms with van der Waals surface area (Å²) in [5, 5.41) is 4.51. The average molecular weight is 303 g/mol. The molecule has 1 aromatic heterocycles. The minimum atomic E-state index is -3.21. The molecule has 2 aromatic rings. The van der Waals surface area contributed by atoms with Gasteiger partial charge in [0.2, 0.25) is 0 Å². The van der Waals surface area contributed by atoms with E-state index < -0.39 is 21.8 Å². The van der Waals surface area contributed by atoms with Gasteiger partial charge >= 0.3 is 0 Å². The molecule has 0 radical (unpaired) electrons. The first-order valence-electron chi connectivity index (χ1n) is 6.32. The number of carbonyl (C=O) groups is 1. The number of benzene rings is 1. The highest BCUT2D eigenvalue weighted by molar-refractivity contribution is 7.94. The smallest absolute Gasteiger partial charge is 0.270 e. The van der Waals surface area contributed by atoms with Crippen LogP contribution in [0.3, 0.4) is 0 Å². The van der Waals surface area contributed by atoms with Crippen LogP contribution in [0, 0.1) is 0 Å². The van der Waals surface area contributed by atoms with Gasteiger partial charge in [0.25, 0.3) is 5.91 Å². The highest BCUT2D eigenvalue weighted by atomic mass is 32.2. The number of amides is 1. The summed E-state index contributed by atoms with van der Waals surface area (Å²) in [7, 11) is -3.21. The van der Waals surface area contributed by atoms with Crippen LogP contribution in [0.1, 0.15) is 10.5 Å². The maximum atomic E-state index is 12.1. The molecule has 0 saturated heterocycles. The summed E-state index contributed by atoms with van der Waals surface area (Å²) in [4.78, 5) is 16.4. The lowest BCUT2D eigenvalue weighted by Crippen LogP contribution is -2.36. The Morgan fingerprint density at radius 2 is 2.10 bits per heavy atom. The fourth-order valence-corrected chi connectivity index (χ4v) is 3.46. The van der Waals surface area contributed by atoms with Crippen LogP contribution in [0.25, 0.3) is 10.9 Å². The van der Waals surface area contributed by atoms with Crippen molar-refractivity contribution in [2.45, 2.75) is 6.04 Å². The van der Waals surface area contributed by atoms with E-state index in [0.717, 1.165) is 10.8 Å². The van der Waals surface area contributed by atoms with Gasteiger partial charge in [-0.3, -0.25) is 4.79 Å². The molecule has 1 aromatic carbocycles. The van der Waals surface area contributed by atoms with Gasteiger partial charge in [0.1, 0.15) is 5.69 Å². The number of fused-ring (bicyclic) bond motifs is 1. The Bertz CT molecular complexity index is 859. The molecular weight excluding hydrogens is 290 g/mol. The van der Waals surface area contributed by atoms with Gasteiger partial charge in [-0.15, -0.1) is 0 Å². The monoisotopic (exact) mass is 303 g/mol. The van der Waals surface area contributed by atoms with Gasteiger partial charge in [-0.1, -0.05) is 18.2 Å². The molecule has 1 unspecified atom stereocenters. The standard InChI is InChI=1S/C14H13N3O3S/c15-11-7-13(17-12-4-2-1-3-10(11)12)14(18)16-9-5-6-21(19,20)8-9/h1-7,9H,8H2,(H2,15,17)(H,16,18). The lowest BCUT2D eigenvalue weighted by atomic mass is 10.1. The minimum Gasteiger partial charge on any atom is -0.398 e. The molecular formula is C14H13N3O3S. The van der Waals surface area contributed by atoms with Crippen molar-refractivity contribution in [2.24, 2.45) is 0 Å². The molecule has 3 rings (SSSR count). The Hall–Kier alpha value is -2.41. The third-order valence-corrected chi connectivity index (χ3v) is 4.62. The number of para-hydroxylation sites is 1. The van der Waals surface area contributed by atoms with E-state index in [4.69, 9.17) is 5.73 Å².